The van der Waals surface area contributed by atoms with Crippen LogP contribution in [0.3, 0.4) is 0 Å². The van der Waals surface area contributed by atoms with Crippen molar-refractivity contribution in [3.05, 3.63) is 0 Å². The predicted molar refractivity (Wildman–Crippen MR) is 50.9 cm³/mol. The lowest BCUT2D eigenvalue weighted by molar-refractivity contribution is -0.315. The third kappa shape index (κ3) is 0.980. The standard InChI is InChI=1S/C11H18O3/c1-11-4-2-3-7(12)8(11)9-10(11)14-6-5-13-9/h7-10,12H,2-6H2,1H3/t7-,8-,9+,10-,11-/m1/s1. The fourth-order valence-electron chi connectivity index (χ4n) is 3.68. The summed E-state index contributed by atoms with van der Waals surface area (Å²) in [5.74, 6) is 0.321. The summed E-state index contributed by atoms with van der Waals surface area (Å²) in [6.45, 7) is 3.66. The molecule has 2 saturated carbocycles. The summed E-state index contributed by atoms with van der Waals surface area (Å²) in [6.07, 6.45) is 3.49. The summed E-state index contributed by atoms with van der Waals surface area (Å²) >= 11 is 0. The van der Waals surface area contributed by atoms with E-state index in [0.29, 0.717) is 12.5 Å². The maximum atomic E-state index is 9.97. The number of aliphatic hydroxyl groups is 1. The topological polar surface area (TPSA) is 38.7 Å². The Kier molecular flexibility index (Phi) is 1.92. The van der Waals surface area contributed by atoms with Gasteiger partial charge < -0.3 is 14.6 Å². The second-order valence-electron chi connectivity index (χ2n) is 5.12. The summed E-state index contributed by atoms with van der Waals surface area (Å²) in [7, 11) is 0. The van der Waals surface area contributed by atoms with Gasteiger partial charge in [0.1, 0.15) is 0 Å². The molecular formula is C11H18O3. The van der Waals surface area contributed by atoms with Crippen molar-refractivity contribution in [3.63, 3.8) is 0 Å². The molecule has 0 aromatic heterocycles. The zero-order valence-corrected chi connectivity index (χ0v) is 8.61. The predicted octanol–water partition coefficient (Wildman–Crippen LogP) is 0.951. The fourth-order valence-corrected chi connectivity index (χ4v) is 3.68. The highest BCUT2D eigenvalue weighted by Gasteiger charge is 2.64. The molecule has 0 aromatic rings. The number of aliphatic hydroxyl groups excluding tert-OH is 1. The Morgan fingerprint density at radius 3 is 2.93 bits per heavy atom. The van der Waals surface area contributed by atoms with Crippen molar-refractivity contribution < 1.29 is 14.6 Å². The largest absolute Gasteiger partial charge is 0.393 e. The SMILES string of the molecule is C[C@@]12CCC[C@@H](O)[C@@H]1[C@@H]1OCCO[C@H]12. The quantitative estimate of drug-likeness (QED) is 0.630. The van der Waals surface area contributed by atoms with Gasteiger partial charge in [-0.1, -0.05) is 13.3 Å². The minimum absolute atomic E-state index is 0.170. The average molecular weight is 198 g/mol. The van der Waals surface area contributed by atoms with Gasteiger partial charge in [0.05, 0.1) is 31.5 Å². The zero-order valence-electron chi connectivity index (χ0n) is 8.61. The van der Waals surface area contributed by atoms with Crippen LogP contribution in [0.4, 0.5) is 0 Å². The van der Waals surface area contributed by atoms with Crippen LogP contribution in [0.25, 0.3) is 0 Å². The highest BCUT2D eigenvalue weighted by molar-refractivity contribution is 5.13. The van der Waals surface area contributed by atoms with Crippen LogP contribution in [0.5, 0.6) is 0 Å². The minimum Gasteiger partial charge on any atom is -0.393 e. The minimum atomic E-state index is -0.170. The van der Waals surface area contributed by atoms with Crippen LogP contribution in [0.15, 0.2) is 0 Å². The molecular weight excluding hydrogens is 180 g/mol. The van der Waals surface area contributed by atoms with Crippen LogP contribution in [-0.2, 0) is 9.47 Å². The van der Waals surface area contributed by atoms with Crippen molar-refractivity contribution in [1.82, 2.24) is 0 Å². The second kappa shape index (κ2) is 2.94. The Balaban J connectivity index is 1.85. The number of fused-ring (bicyclic) bond motifs is 4. The van der Waals surface area contributed by atoms with Crippen molar-refractivity contribution in [2.75, 3.05) is 13.2 Å². The van der Waals surface area contributed by atoms with Crippen LogP contribution in [-0.4, -0.2) is 36.6 Å². The van der Waals surface area contributed by atoms with Gasteiger partial charge in [0.2, 0.25) is 0 Å². The van der Waals surface area contributed by atoms with E-state index in [0.717, 1.165) is 19.4 Å². The molecule has 3 aliphatic rings. The first-order valence-electron chi connectivity index (χ1n) is 5.65. The molecule has 3 nitrogen and oxygen atoms in total. The van der Waals surface area contributed by atoms with E-state index in [9.17, 15) is 5.11 Å². The molecule has 1 N–H and O–H groups in total. The summed E-state index contributed by atoms with van der Waals surface area (Å²) in [5, 5.41) is 9.97. The van der Waals surface area contributed by atoms with Gasteiger partial charge >= 0.3 is 0 Å². The zero-order chi connectivity index (χ0) is 9.76. The lowest BCUT2D eigenvalue weighted by atomic mass is 9.50. The molecule has 3 heteroatoms. The van der Waals surface area contributed by atoms with Crippen molar-refractivity contribution in [2.24, 2.45) is 11.3 Å². The van der Waals surface area contributed by atoms with Gasteiger partial charge in [0.25, 0.3) is 0 Å². The molecule has 0 unspecified atom stereocenters. The van der Waals surface area contributed by atoms with Gasteiger partial charge in [-0.15, -0.1) is 0 Å². The van der Waals surface area contributed by atoms with Crippen LogP contribution >= 0.6 is 0 Å². The molecule has 3 fully saturated rings. The fraction of sp³-hybridized carbons (Fsp3) is 1.00. The van der Waals surface area contributed by atoms with Crippen LogP contribution < -0.4 is 0 Å². The molecule has 3 rings (SSSR count). The van der Waals surface area contributed by atoms with E-state index in [1.165, 1.54) is 6.42 Å². The van der Waals surface area contributed by atoms with E-state index >= 15 is 0 Å². The Bertz CT molecular complexity index is 243. The van der Waals surface area contributed by atoms with Crippen molar-refractivity contribution in [1.29, 1.82) is 0 Å². The Morgan fingerprint density at radius 1 is 1.29 bits per heavy atom. The lowest BCUT2D eigenvalue weighted by Gasteiger charge is -2.63. The summed E-state index contributed by atoms with van der Waals surface area (Å²) < 4.78 is 11.5. The van der Waals surface area contributed by atoms with Crippen molar-refractivity contribution >= 4 is 0 Å². The molecule has 2 aliphatic carbocycles. The monoisotopic (exact) mass is 198 g/mol. The molecule has 1 heterocycles. The van der Waals surface area contributed by atoms with Crippen LogP contribution in [0.2, 0.25) is 0 Å². The Morgan fingerprint density at radius 2 is 2.07 bits per heavy atom. The molecule has 5 atom stereocenters. The van der Waals surface area contributed by atoms with Gasteiger partial charge in [0, 0.05) is 11.3 Å². The van der Waals surface area contributed by atoms with Crippen LogP contribution in [0, 0.1) is 11.3 Å². The number of hydrogen-bond donors (Lipinski definition) is 1. The van der Waals surface area contributed by atoms with Gasteiger partial charge in [-0.05, 0) is 12.8 Å². The van der Waals surface area contributed by atoms with Gasteiger partial charge in [-0.25, -0.2) is 0 Å². The maximum Gasteiger partial charge on any atom is 0.0902 e. The molecule has 0 radical (unpaired) electrons. The highest BCUT2D eigenvalue weighted by Crippen LogP contribution is 2.58. The van der Waals surface area contributed by atoms with Crippen molar-refractivity contribution in [2.45, 2.75) is 44.5 Å². The maximum absolute atomic E-state index is 9.97. The van der Waals surface area contributed by atoms with E-state index in [1.807, 2.05) is 0 Å². The van der Waals surface area contributed by atoms with E-state index in [4.69, 9.17) is 9.47 Å². The first kappa shape index (κ1) is 9.13. The molecule has 0 aromatic carbocycles. The van der Waals surface area contributed by atoms with Gasteiger partial charge in [0.15, 0.2) is 0 Å². The first-order chi connectivity index (χ1) is 6.73. The third-order valence-electron chi connectivity index (χ3n) is 4.38. The number of ether oxygens (including phenoxy) is 2. The normalized spacial score (nSPS) is 57.0. The highest BCUT2D eigenvalue weighted by atomic mass is 16.6. The molecule has 0 amide bonds. The average Bonchev–Trinajstić information content (AvgIpc) is 2.16. The lowest BCUT2D eigenvalue weighted by Crippen LogP contribution is -2.71. The summed E-state index contributed by atoms with van der Waals surface area (Å²) in [6, 6.07) is 0. The number of rotatable bonds is 0. The van der Waals surface area contributed by atoms with E-state index in [2.05, 4.69) is 6.92 Å². The third-order valence-corrected chi connectivity index (χ3v) is 4.38. The smallest absolute Gasteiger partial charge is 0.0902 e. The van der Waals surface area contributed by atoms with E-state index in [1.54, 1.807) is 0 Å². The molecule has 0 bridgehead atoms. The van der Waals surface area contributed by atoms with Crippen molar-refractivity contribution in [3.8, 4) is 0 Å². The Labute approximate surface area is 84.4 Å². The first-order valence-corrected chi connectivity index (χ1v) is 5.65. The van der Waals surface area contributed by atoms with E-state index in [-0.39, 0.29) is 23.7 Å². The van der Waals surface area contributed by atoms with Crippen LogP contribution in [0.1, 0.15) is 26.2 Å². The molecule has 1 saturated heterocycles. The molecule has 80 valence electrons. The van der Waals surface area contributed by atoms with Gasteiger partial charge in [-0.2, -0.15) is 0 Å². The number of hydrogen-bond acceptors (Lipinski definition) is 3. The Hall–Kier alpha value is -0.120. The molecule has 1 aliphatic heterocycles. The summed E-state index contributed by atoms with van der Waals surface area (Å²) in [4.78, 5) is 0. The molecule has 0 spiro atoms. The molecule has 14 heavy (non-hydrogen) atoms. The van der Waals surface area contributed by atoms with Gasteiger partial charge in [-0.3, -0.25) is 0 Å². The second-order valence-corrected chi connectivity index (χ2v) is 5.12. The summed E-state index contributed by atoms with van der Waals surface area (Å²) in [5.41, 5.74) is 0.183. The van der Waals surface area contributed by atoms with E-state index < -0.39 is 0 Å².